The molecule has 0 radical (unpaired) electrons. The van der Waals surface area contributed by atoms with Gasteiger partial charge in [0.05, 0.1) is 24.5 Å². The van der Waals surface area contributed by atoms with Crippen molar-refractivity contribution in [3.63, 3.8) is 0 Å². The Hall–Kier alpha value is -2.14. The van der Waals surface area contributed by atoms with E-state index in [4.69, 9.17) is 5.73 Å². The van der Waals surface area contributed by atoms with Gasteiger partial charge >= 0.3 is 0 Å². The SMILES string of the molecule is CCC(N)C(=O)Nc1cnn(Cc2ccccc2)c1. The van der Waals surface area contributed by atoms with E-state index in [1.54, 1.807) is 17.1 Å². The summed E-state index contributed by atoms with van der Waals surface area (Å²) < 4.78 is 1.78. The van der Waals surface area contributed by atoms with Crippen molar-refractivity contribution in [2.24, 2.45) is 5.73 Å². The van der Waals surface area contributed by atoms with E-state index in [1.807, 2.05) is 37.3 Å². The maximum Gasteiger partial charge on any atom is 0.241 e. The van der Waals surface area contributed by atoms with Gasteiger partial charge in [0.1, 0.15) is 0 Å². The highest BCUT2D eigenvalue weighted by molar-refractivity contribution is 5.94. The summed E-state index contributed by atoms with van der Waals surface area (Å²) in [6.45, 7) is 2.56. The van der Waals surface area contributed by atoms with E-state index in [0.29, 0.717) is 18.7 Å². The van der Waals surface area contributed by atoms with E-state index >= 15 is 0 Å². The van der Waals surface area contributed by atoms with E-state index in [1.165, 1.54) is 0 Å². The molecule has 1 unspecified atom stereocenters. The third-order valence-electron chi connectivity index (χ3n) is 2.86. The third-order valence-corrected chi connectivity index (χ3v) is 2.86. The first-order chi connectivity index (χ1) is 9.19. The van der Waals surface area contributed by atoms with Crippen LogP contribution in [-0.4, -0.2) is 21.7 Å². The smallest absolute Gasteiger partial charge is 0.241 e. The molecule has 1 amide bonds. The van der Waals surface area contributed by atoms with Gasteiger partial charge in [-0.25, -0.2) is 0 Å². The van der Waals surface area contributed by atoms with Gasteiger partial charge in [0.15, 0.2) is 0 Å². The highest BCUT2D eigenvalue weighted by Gasteiger charge is 2.11. The first-order valence-electron chi connectivity index (χ1n) is 6.32. The molecule has 0 fully saturated rings. The molecule has 5 nitrogen and oxygen atoms in total. The molecule has 0 aliphatic carbocycles. The van der Waals surface area contributed by atoms with Crippen molar-refractivity contribution in [3.05, 3.63) is 48.3 Å². The Kier molecular flexibility index (Phi) is 4.30. The van der Waals surface area contributed by atoms with Crippen molar-refractivity contribution in [2.45, 2.75) is 25.9 Å². The molecule has 100 valence electrons. The molecule has 0 saturated carbocycles. The second kappa shape index (κ2) is 6.15. The lowest BCUT2D eigenvalue weighted by atomic mass is 10.2. The molecule has 19 heavy (non-hydrogen) atoms. The fourth-order valence-corrected chi connectivity index (χ4v) is 1.71. The first kappa shape index (κ1) is 13.3. The van der Waals surface area contributed by atoms with Crippen molar-refractivity contribution < 1.29 is 4.79 Å². The average Bonchev–Trinajstić information content (AvgIpc) is 2.86. The first-order valence-corrected chi connectivity index (χ1v) is 6.32. The van der Waals surface area contributed by atoms with E-state index in [-0.39, 0.29) is 5.91 Å². The Morgan fingerprint density at radius 2 is 2.16 bits per heavy atom. The second-order valence-electron chi connectivity index (χ2n) is 4.42. The van der Waals surface area contributed by atoms with Crippen LogP contribution in [-0.2, 0) is 11.3 Å². The molecule has 2 aromatic rings. The van der Waals surface area contributed by atoms with Crippen LogP contribution in [0.2, 0.25) is 0 Å². The van der Waals surface area contributed by atoms with Gasteiger partial charge in [-0.2, -0.15) is 5.10 Å². The number of carbonyl (C=O) groups excluding carboxylic acids is 1. The van der Waals surface area contributed by atoms with Gasteiger partial charge in [-0.1, -0.05) is 37.3 Å². The topological polar surface area (TPSA) is 72.9 Å². The van der Waals surface area contributed by atoms with Crippen LogP contribution in [0, 0.1) is 0 Å². The molecule has 0 aliphatic heterocycles. The minimum absolute atomic E-state index is 0.179. The quantitative estimate of drug-likeness (QED) is 0.855. The zero-order chi connectivity index (χ0) is 13.7. The van der Waals surface area contributed by atoms with Crippen LogP contribution in [0.5, 0.6) is 0 Å². The molecule has 0 spiro atoms. The molecule has 1 aromatic carbocycles. The number of nitrogens with one attached hydrogen (secondary N) is 1. The average molecular weight is 258 g/mol. The summed E-state index contributed by atoms with van der Waals surface area (Å²) in [5.74, 6) is -0.179. The summed E-state index contributed by atoms with van der Waals surface area (Å²) in [6, 6.07) is 9.55. The van der Waals surface area contributed by atoms with Crippen LogP contribution < -0.4 is 11.1 Å². The molecule has 5 heteroatoms. The zero-order valence-corrected chi connectivity index (χ0v) is 10.9. The van der Waals surface area contributed by atoms with Crippen molar-refractivity contribution in [3.8, 4) is 0 Å². The predicted octanol–water partition coefficient (Wildman–Crippen LogP) is 1.61. The maximum atomic E-state index is 11.6. The number of aromatic nitrogens is 2. The monoisotopic (exact) mass is 258 g/mol. The van der Waals surface area contributed by atoms with Crippen LogP contribution in [0.4, 0.5) is 5.69 Å². The Balaban J connectivity index is 1.98. The van der Waals surface area contributed by atoms with Crippen LogP contribution in [0.1, 0.15) is 18.9 Å². The zero-order valence-electron chi connectivity index (χ0n) is 10.9. The molecular weight excluding hydrogens is 240 g/mol. The molecule has 0 bridgehead atoms. The van der Waals surface area contributed by atoms with E-state index in [2.05, 4.69) is 10.4 Å². The molecule has 3 N–H and O–H groups in total. The van der Waals surface area contributed by atoms with Crippen molar-refractivity contribution in [1.82, 2.24) is 9.78 Å². The number of benzene rings is 1. The lowest BCUT2D eigenvalue weighted by Crippen LogP contribution is -2.34. The Morgan fingerprint density at radius 1 is 1.42 bits per heavy atom. The number of hydrogen-bond acceptors (Lipinski definition) is 3. The van der Waals surface area contributed by atoms with Gasteiger partial charge in [0.25, 0.3) is 0 Å². The summed E-state index contributed by atoms with van der Waals surface area (Å²) >= 11 is 0. The van der Waals surface area contributed by atoms with Crippen LogP contribution in [0.3, 0.4) is 0 Å². The fourth-order valence-electron chi connectivity index (χ4n) is 1.71. The number of anilines is 1. The van der Waals surface area contributed by atoms with Gasteiger partial charge in [0.2, 0.25) is 5.91 Å². The van der Waals surface area contributed by atoms with Crippen molar-refractivity contribution in [2.75, 3.05) is 5.32 Å². The van der Waals surface area contributed by atoms with Gasteiger partial charge in [-0.3, -0.25) is 9.48 Å². The number of rotatable bonds is 5. The number of carbonyl (C=O) groups is 1. The summed E-state index contributed by atoms with van der Waals surface area (Å²) in [4.78, 5) is 11.6. The van der Waals surface area contributed by atoms with Crippen molar-refractivity contribution >= 4 is 11.6 Å². The number of nitrogens with two attached hydrogens (primary N) is 1. The molecule has 1 heterocycles. The lowest BCUT2D eigenvalue weighted by molar-refractivity contribution is -0.117. The summed E-state index contributed by atoms with van der Waals surface area (Å²) in [5.41, 5.74) is 7.49. The number of amides is 1. The molecule has 0 aliphatic rings. The highest BCUT2D eigenvalue weighted by atomic mass is 16.2. The number of hydrogen-bond donors (Lipinski definition) is 2. The van der Waals surface area contributed by atoms with E-state index < -0.39 is 6.04 Å². The summed E-state index contributed by atoms with van der Waals surface area (Å²) in [5, 5.41) is 6.96. The van der Waals surface area contributed by atoms with Crippen LogP contribution in [0.25, 0.3) is 0 Å². The Morgan fingerprint density at radius 3 is 2.84 bits per heavy atom. The largest absolute Gasteiger partial charge is 0.322 e. The Bertz CT molecular complexity index is 535. The second-order valence-corrected chi connectivity index (χ2v) is 4.42. The summed E-state index contributed by atoms with van der Waals surface area (Å²) in [6.07, 6.45) is 4.04. The molecule has 2 rings (SSSR count). The van der Waals surface area contributed by atoms with Crippen LogP contribution >= 0.6 is 0 Å². The van der Waals surface area contributed by atoms with Gasteiger partial charge < -0.3 is 11.1 Å². The summed E-state index contributed by atoms with van der Waals surface area (Å²) in [7, 11) is 0. The fraction of sp³-hybridized carbons (Fsp3) is 0.286. The van der Waals surface area contributed by atoms with Gasteiger partial charge in [0, 0.05) is 6.20 Å². The molecule has 1 aromatic heterocycles. The predicted molar refractivity (Wildman–Crippen MR) is 74.7 cm³/mol. The Labute approximate surface area is 112 Å². The lowest BCUT2D eigenvalue weighted by Gasteiger charge is -2.07. The maximum absolute atomic E-state index is 11.6. The normalized spacial score (nSPS) is 12.1. The van der Waals surface area contributed by atoms with E-state index in [0.717, 1.165) is 5.56 Å². The highest BCUT2D eigenvalue weighted by Crippen LogP contribution is 2.08. The molecule has 1 atom stereocenters. The molecular formula is C14H18N4O. The minimum Gasteiger partial charge on any atom is -0.322 e. The van der Waals surface area contributed by atoms with Crippen LogP contribution in [0.15, 0.2) is 42.7 Å². The van der Waals surface area contributed by atoms with Crippen molar-refractivity contribution in [1.29, 1.82) is 0 Å². The standard InChI is InChI=1S/C14H18N4O/c1-2-13(15)14(19)17-12-8-16-18(10-12)9-11-6-4-3-5-7-11/h3-8,10,13H,2,9,15H2,1H3,(H,17,19). The minimum atomic E-state index is -0.475. The molecule has 0 saturated heterocycles. The van der Waals surface area contributed by atoms with Gasteiger partial charge in [-0.15, -0.1) is 0 Å². The third kappa shape index (κ3) is 3.66. The van der Waals surface area contributed by atoms with Gasteiger partial charge in [-0.05, 0) is 12.0 Å². The number of nitrogens with zero attached hydrogens (tertiary/aromatic N) is 2. The van der Waals surface area contributed by atoms with E-state index in [9.17, 15) is 4.79 Å².